The number of rotatable bonds is 8. The van der Waals surface area contributed by atoms with Gasteiger partial charge in [0.2, 0.25) is 5.76 Å². The van der Waals surface area contributed by atoms with Crippen LogP contribution in [0.3, 0.4) is 0 Å². The SMILES string of the molecule is CC(OC(=O)c1ccc(COc2ccc(F)cc2)o1)C(=O)N(C(C)C)C(C)C. The maximum atomic E-state index is 12.9. The summed E-state index contributed by atoms with van der Waals surface area (Å²) in [6.07, 6.45) is -0.929. The molecule has 0 saturated heterocycles. The van der Waals surface area contributed by atoms with Gasteiger partial charge in [0.05, 0.1) is 0 Å². The Kier molecular flexibility index (Phi) is 7.20. The predicted octanol–water partition coefficient (Wildman–Crippen LogP) is 4.19. The molecule has 152 valence electrons. The van der Waals surface area contributed by atoms with Gasteiger partial charge in [-0.15, -0.1) is 0 Å². The van der Waals surface area contributed by atoms with Gasteiger partial charge in [-0.25, -0.2) is 9.18 Å². The van der Waals surface area contributed by atoms with E-state index in [2.05, 4.69) is 0 Å². The fourth-order valence-corrected chi connectivity index (χ4v) is 2.83. The smallest absolute Gasteiger partial charge is 0.375 e. The summed E-state index contributed by atoms with van der Waals surface area (Å²) in [6, 6.07) is 8.60. The van der Waals surface area contributed by atoms with Crippen LogP contribution in [0.25, 0.3) is 0 Å². The van der Waals surface area contributed by atoms with Crippen molar-refractivity contribution in [2.75, 3.05) is 0 Å². The molecular formula is C21H26FNO5. The van der Waals surface area contributed by atoms with Gasteiger partial charge in [-0.05, 0) is 71.0 Å². The number of hydrogen-bond donors (Lipinski definition) is 0. The van der Waals surface area contributed by atoms with Gasteiger partial charge in [0.15, 0.2) is 6.10 Å². The van der Waals surface area contributed by atoms with E-state index in [1.54, 1.807) is 17.9 Å². The van der Waals surface area contributed by atoms with Gasteiger partial charge in [-0.3, -0.25) is 4.79 Å². The van der Waals surface area contributed by atoms with Crippen LogP contribution in [0, 0.1) is 5.82 Å². The van der Waals surface area contributed by atoms with Gasteiger partial charge < -0.3 is 18.8 Å². The van der Waals surface area contributed by atoms with Gasteiger partial charge in [0.1, 0.15) is 23.9 Å². The van der Waals surface area contributed by atoms with Gasteiger partial charge in [-0.2, -0.15) is 0 Å². The zero-order chi connectivity index (χ0) is 20.8. The van der Waals surface area contributed by atoms with Crippen molar-refractivity contribution in [3.63, 3.8) is 0 Å². The van der Waals surface area contributed by atoms with Crippen LogP contribution < -0.4 is 4.74 Å². The van der Waals surface area contributed by atoms with Gasteiger partial charge in [0, 0.05) is 12.1 Å². The normalized spacial score (nSPS) is 12.1. The standard InChI is InChI=1S/C21H26FNO5/c1-13(2)23(14(3)4)20(24)15(5)27-21(25)19-11-10-18(28-19)12-26-17-8-6-16(22)7-9-17/h6-11,13-15H,12H2,1-5H3. The third kappa shape index (κ3) is 5.58. The van der Waals surface area contributed by atoms with Crippen LogP contribution in [-0.4, -0.2) is 35.0 Å². The van der Waals surface area contributed by atoms with E-state index in [4.69, 9.17) is 13.9 Å². The van der Waals surface area contributed by atoms with Crippen LogP contribution in [-0.2, 0) is 16.1 Å². The zero-order valence-corrected chi connectivity index (χ0v) is 16.8. The Morgan fingerprint density at radius 2 is 1.61 bits per heavy atom. The second-order valence-electron chi connectivity index (χ2n) is 6.99. The quantitative estimate of drug-likeness (QED) is 0.631. The minimum atomic E-state index is -0.929. The van der Waals surface area contributed by atoms with Crippen molar-refractivity contribution >= 4 is 11.9 Å². The van der Waals surface area contributed by atoms with E-state index < -0.39 is 12.1 Å². The lowest BCUT2D eigenvalue weighted by Crippen LogP contribution is -2.47. The van der Waals surface area contributed by atoms with E-state index in [1.165, 1.54) is 30.3 Å². The van der Waals surface area contributed by atoms with Crippen molar-refractivity contribution in [1.29, 1.82) is 0 Å². The molecule has 1 amide bonds. The number of benzene rings is 1. The molecule has 6 nitrogen and oxygen atoms in total. The highest BCUT2D eigenvalue weighted by atomic mass is 19.1. The Balaban J connectivity index is 1.94. The van der Waals surface area contributed by atoms with Crippen molar-refractivity contribution in [2.24, 2.45) is 0 Å². The van der Waals surface area contributed by atoms with E-state index in [1.807, 2.05) is 27.7 Å². The molecule has 2 rings (SSSR count). The van der Waals surface area contributed by atoms with Crippen molar-refractivity contribution in [2.45, 2.75) is 59.4 Å². The molecule has 0 bridgehead atoms. The molecule has 1 atom stereocenters. The first-order valence-corrected chi connectivity index (χ1v) is 9.19. The highest BCUT2D eigenvalue weighted by Gasteiger charge is 2.28. The van der Waals surface area contributed by atoms with Crippen LogP contribution >= 0.6 is 0 Å². The number of ether oxygens (including phenoxy) is 2. The van der Waals surface area contributed by atoms with Gasteiger partial charge in [-0.1, -0.05) is 0 Å². The molecule has 0 aliphatic rings. The summed E-state index contributed by atoms with van der Waals surface area (Å²) < 4.78 is 29.0. The fourth-order valence-electron chi connectivity index (χ4n) is 2.83. The van der Waals surface area contributed by atoms with Crippen molar-refractivity contribution < 1.29 is 27.9 Å². The van der Waals surface area contributed by atoms with Crippen molar-refractivity contribution in [3.8, 4) is 5.75 Å². The maximum Gasteiger partial charge on any atom is 0.375 e. The number of carbonyl (C=O) groups excluding carboxylic acids is 2. The zero-order valence-electron chi connectivity index (χ0n) is 16.8. The van der Waals surface area contributed by atoms with Gasteiger partial charge in [0.25, 0.3) is 5.91 Å². The number of amides is 1. The molecule has 28 heavy (non-hydrogen) atoms. The lowest BCUT2D eigenvalue weighted by Gasteiger charge is -2.32. The van der Waals surface area contributed by atoms with Crippen LogP contribution in [0.2, 0.25) is 0 Å². The summed E-state index contributed by atoms with van der Waals surface area (Å²) in [4.78, 5) is 26.5. The van der Waals surface area contributed by atoms with E-state index in [0.29, 0.717) is 11.5 Å². The first kappa shape index (κ1) is 21.5. The number of esters is 1. The van der Waals surface area contributed by atoms with Crippen LogP contribution in [0.4, 0.5) is 4.39 Å². The molecule has 1 aromatic heterocycles. The first-order chi connectivity index (χ1) is 13.2. The summed E-state index contributed by atoms with van der Waals surface area (Å²) in [5, 5.41) is 0. The predicted molar refractivity (Wildman–Crippen MR) is 101 cm³/mol. The molecule has 1 unspecified atom stereocenters. The molecule has 0 saturated carbocycles. The molecule has 2 aromatic rings. The van der Waals surface area contributed by atoms with E-state index in [-0.39, 0.29) is 36.2 Å². The maximum absolute atomic E-state index is 12.9. The highest BCUT2D eigenvalue weighted by Crippen LogP contribution is 2.17. The lowest BCUT2D eigenvalue weighted by molar-refractivity contribution is -0.143. The summed E-state index contributed by atoms with van der Waals surface area (Å²) in [6.45, 7) is 9.25. The minimum Gasteiger partial charge on any atom is -0.486 e. The molecule has 1 heterocycles. The van der Waals surface area contributed by atoms with Crippen LogP contribution in [0.5, 0.6) is 5.75 Å². The Morgan fingerprint density at radius 3 is 2.18 bits per heavy atom. The van der Waals surface area contributed by atoms with Crippen molar-refractivity contribution in [1.82, 2.24) is 4.90 Å². The average molecular weight is 391 g/mol. The Labute approximate surface area is 164 Å². The van der Waals surface area contributed by atoms with E-state index in [0.717, 1.165) is 0 Å². The fraction of sp³-hybridized carbons (Fsp3) is 0.429. The second-order valence-corrected chi connectivity index (χ2v) is 6.99. The molecule has 0 radical (unpaired) electrons. The highest BCUT2D eigenvalue weighted by molar-refractivity contribution is 5.90. The summed E-state index contributed by atoms with van der Waals surface area (Å²) in [7, 11) is 0. The third-order valence-electron chi connectivity index (χ3n) is 4.06. The topological polar surface area (TPSA) is 69.0 Å². The molecule has 0 N–H and O–H groups in total. The minimum absolute atomic E-state index is 0.00697. The number of nitrogens with zero attached hydrogens (tertiary/aromatic N) is 1. The molecule has 0 spiro atoms. The third-order valence-corrected chi connectivity index (χ3v) is 4.06. The monoisotopic (exact) mass is 391 g/mol. The number of furan rings is 1. The Bertz CT molecular complexity index is 789. The molecule has 7 heteroatoms. The molecule has 1 aromatic carbocycles. The molecule has 0 aliphatic heterocycles. The van der Waals surface area contributed by atoms with E-state index in [9.17, 15) is 14.0 Å². The summed E-state index contributed by atoms with van der Waals surface area (Å²) in [5.74, 6) is -0.471. The lowest BCUT2D eigenvalue weighted by atomic mass is 10.2. The molecule has 0 fully saturated rings. The molecular weight excluding hydrogens is 365 g/mol. The van der Waals surface area contributed by atoms with Gasteiger partial charge >= 0.3 is 5.97 Å². The molecule has 0 aliphatic carbocycles. The number of halogens is 1. The average Bonchev–Trinajstić information content (AvgIpc) is 3.09. The van der Waals surface area contributed by atoms with Crippen LogP contribution in [0.15, 0.2) is 40.8 Å². The largest absolute Gasteiger partial charge is 0.486 e. The van der Waals surface area contributed by atoms with E-state index >= 15 is 0 Å². The Morgan fingerprint density at radius 1 is 1.00 bits per heavy atom. The Hall–Kier alpha value is -2.83. The second kappa shape index (κ2) is 9.39. The summed E-state index contributed by atoms with van der Waals surface area (Å²) >= 11 is 0. The van der Waals surface area contributed by atoms with Crippen LogP contribution in [0.1, 0.15) is 50.9 Å². The number of hydrogen-bond acceptors (Lipinski definition) is 5. The van der Waals surface area contributed by atoms with Crippen molar-refractivity contribution in [3.05, 3.63) is 53.7 Å². The first-order valence-electron chi connectivity index (χ1n) is 9.19. The summed E-state index contributed by atoms with van der Waals surface area (Å²) in [5.41, 5.74) is 0. The number of carbonyl (C=O) groups is 2.